The fraction of sp³-hybridized carbons (Fsp3) is 0.524. The number of piperidine rings is 1. The summed E-state index contributed by atoms with van der Waals surface area (Å²) < 4.78 is 13.7. The molecule has 1 aromatic carbocycles. The average molecular weight is 384 g/mol. The number of amides is 1. The molecule has 7 heteroatoms. The van der Waals surface area contributed by atoms with Crippen molar-refractivity contribution in [2.45, 2.75) is 44.4 Å². The van der Waals surface area contributed by atoms with Gasteiger partial charge in [0.15, 0.2) is 11.5 Å². The van der Waals surface area contributed by atoms with Crippen LogP contribution in [0, 0.1) is 0 Å². The summed E-state index contributed by atoms with van der Waals surface area (Å²) in [5.41, 5.74) is 0.620. The first kappa shape index (κ1) is 18.8. The third kappa shape index (κ3) is 4.47. The summed E-state index contributed by atoms with van der Waals surface area (Å²) in [7, 11) is 3.65. The van der Waals surface area contributed by atoms with Gasteiger partial charge in [-0.15, -0.1) is 0 Å². The molecule has 1 saturated carbocycles. The normalized spacial score (nSPS) is 18.1. The van der Waals surface area contributed by atoms with Crippen LogP contribution < -0.4 is 14.8 Å². The van der Waals surface area contributed by atoms with E-state index in [9.17, 15) is 4.79 Å². The molecule has 0 unspecified atom stereocenters. The molecule has 2 aromatic rings. The number of imidazole rings is 1. The van der Waals surface area contributed by atoms with Crippen LogP contribution in [-0.4, -0.2) is 52.7 Å². The number of aryl methyl sites for hydroxylation is 1. The second-order valence-electron chi connectivity index (χ2n) is 7.66. The molecule has 2 fully saturated rings. The molecule has 2 aliphatic rings. The standard InChI is InChI=1S/C21H28N4O3/c1-24-12-9-22-20(24)14-25-10-7-17(8-11-25)28-19-13-15(3-6-18(19)27-2)21(26)23-16-4-5-16/h3,6,9,12-13,16-17H,4-5,7-8,10-11,14H2,1-2H3,(H,23,26). The van der Waals surface area contributed by atoms with Crippen molar-refractivity contribution in [3.63, 3.8) is 0 Å². The van der Waals surface area contributed by atoms with Crippen molar-refractivity contribution >= 4 is 5.91 Å². The molecule has 150 valence electrons. The summed E-state index contributed by atoms with van der Waals surface area (Å²) in [6, 6.07) is 5.74. The van der Waals surface area contributed by atoms with E-state index in [1.54, 1.807) is 19.2 Å². The SMILES string of the molecule is COc1ccc(C(=O)NC2CC2)cc1OC1CCN(Cc2nccn2C)CC1. The molecule has 0 spiro atoms. The number of benzene rings is 1. The molecule has 1 aliphatic heterocycles. The van der Waals surface area contributed by atoms with Crippen molar-refractivity contribution in [1.82, 2.24) is 19.8 Å². The number of rotatable bonds is 7. The molecule has 4 rings (SSSR count). The van der Waals surface area contributed by atoms with Crippen LogP contribution in [0.2, 0.25) is 0 Å². The summed E-state index contributed by atoms with van der Waals surface area (Å²) in [6.45, 7) is 2.78. The van der Waals surface area contributed by atoms with E-state index < -0.39 is 0 Å². The molecule has 1 N–H and O–H groups in total. The largest absolute Gasteiger partial charge is 0.493 e. The van der Waals surface area contributed by atoms with Gasteiger partial charge in [-0.3, -0.25) is 9.69 Å². The van der Waals surface area contributed by atoms with Crippen molar-refractivity contribution in [2.75, 3.05) is 20.2 Å². The summed E-state index contributed by atoms with van der Waals surface area (Å²) >= 11 is 0. The summed E-state index contributed by atoms with van der Waals surface area (Å²) in [6.07, 6.45) is 7.95. The highest BCUT2D eigenvalue weighted by Crippen LogP contribution is 2.31. The number of carbonyl (C=O) groups is 1. The number of hydrogen-bond acceptors (Lipinski definition) is 5. The van der Waals surface area contributed by atoms with Crippen LogP contribution in [0.3, 0.4) is 0 Å². The van der Waals surface area contributed by atoms with Crippen LogP contribution in [-0.2, 0) is 13.6 Å². The second kappa shape index (κ2) is 8.22. The van der Waals surface area contributed by atoms with Crippen molar-refractivity contribution in [2.24, 2.45) is 7.05 Å². The maximum atomic E-state index is 12.3. The predicted octanol–water partition coefficient (Wildman–Crippen LogP) is 2.36. The topological polar surface area (TPSA) is 68.6 Å². The van der Waals surface area contributed by atoms with Crippen LogP contribution >= 0.6 is 0 Å². The summed E-state index contributed by atoms with van der Waals surface area (Å²) in [5.74, 6) is 2.35. The molecular formula is C21H28N4O3. The van der Waals surface area contributed by atoms with E-state index in [-0.39, 0.29) is 12.0 Å². The maximum Gasteiger partial charge on any atom is 0.251 e. The molecule has 2 heterocycles. The Bertz CT molecular complexity index is 823. The van der Waals surface area contributed by atoms with E-state index in [0.717, 1.165) is 51.1 Å². The first-order valence-electron chi connectivity index (χ1n) is 9.96. The Morgan fingerprint density at radius 3 is 2.64 bits per heavy atom. The van der Waals surface area contributed by atoms with E-state index in [1.165, 1.54) is 0 Å². The average Bonchev–Trinajstić information content (AvgIpc) is 3.43. The number of carbonyl (C=O) groups excluding carboxylic acids is 1. The summed E-state index contributed by atoms with van der Waals surface area (Å²) in [4.78, 5) is 19.1. The minimum Gasteiger partial charge on any atom is -0.493 e. The Kier molecular flexibility index (Phi) is 5.52. The minimum absolute atomic E-state index is 0.0418. The Morgan fingerprint density at radius 2 is 2.00 bits per heavy atom. The third-order valence-electron chi connectivity index (χ3n) is 5.45. The van der Waals surface area contributed by atoms with Crippen LogP contribution in [0.25, 0.3) is 0 Å². The van der Waals surface area contributed by atoms with Crippen LogP contribution in [0.4, 0.5) is 0 Å². The smallest absolute Gasteiger partial charge is 0.251 e. The fourth-order valence-corrected chi connectivity index (χ4v) is 3.52. The van der Waals surface area contributed by atoms with Crippen LogP contribution in [0.5, 0.6) is 11.5 Å². The van der Waals surface area contributed by atoms with Gasteiger partial charge in [-0.25, -0.2) is 4.98 Å². The van der Waals surface area contributed by atoms with Gasteiger partial charge >= 0.3 is 0 Å². The number of aromatic nitrogens is 2. The van der Waals surface area contributed by atoms with Gasteiger partial charge in [0.05, 0.1) is 13.7 Å². The van der Waals surface area contributed by atoms with Crippen molar-refractivity contribution in [3.8, 4) is 11.5 Å². The predicted molar refractivity (Wildman–Crippen MR) is 106 cm³/mol. The lowest BCUT2D eigenvalue weighted by molar-refractivity contribution is 0.0911. The Balaban J connectivity index is 1.35. The number of methoxy groups -OCH3 is 1. The molecular weight excluding hydrogens is 356 g/mol. The lowest BCUT2D eigenvalue weighted by Crippen LogP contribution is -2.38. The van der Waals surface area contributed by atoms with Gasteiger partial charge in [0.25, 0.3) is 5.91 Å². The quantitative estimate of drug-likeness (QED) is 0.794. The molecule has 1 aromatic heterocycles. The molecule has 7 nitrogen and oxygen atoms in total. The number of likely N-dealkylation sites (tertiary alicyclic amines) is 1. The zero-order valence-electron chi connectivity index (χ0n) is 16.6. The van der Waals surface area contributed by atoms with E-state index >= 15 is 0 Å². The highest BCUT2D eigenvalue weighted by molar-refractivity contribution is 5.95. The molecule has 28 heavy (non-hydrogen) atoms. The first-order valence-corrected chi connectivity index (χ1v) is 9.96. The molecule has 0 atom stereocenters. The Hall–Kier alpha value is -2.54. The van der Waals surface area contributed by atoms with Gasteiger partial charge in [-0.2, -0.15) is 0 Å². The molecule has 1 aliphatic carbocycles. The van der Waals surface area contributed by atoms with E-state index in [1.807, 2.05) is 25.5 Å². The van der Waals surface area contributed by atoms with E-state index in [2.05, 4.69) is 19.8 Å². The molecule has 1 amide bonds. The van der Waals surface area contributed by atoms with Crippen LogP contribution in [0.15, 0.2) is 30.6 Å². The Labute approximate surface area is 165 Å². The zero-order valence-corrected chi connectivity index (χ0v) is 16.6. The van der Waals surface area contributed by atoms with Gasteiger partial charge < -0.3 is 19.4 Å². The monoisotopic (exact) mass is 384 g/mol. The third-order valence-corrected chi connectivity index (χ3v) is 5.45. The molecule has 0 radical (unpaired) electrons. The number of nitrogens with one attached hydrogen (secondary N) is 1. The van der Waals surface area contributed by atoms with Crippen molar-refractivity contribution in [1.29, 1.82) is 0 Å². The van der Waals surface area contributed by atoms with Gasteiger partial charge in [-0.1, -0.05) is 0 Å². The second-order valence-corrected chi connectivity index (χ2v) is 7.66. The maximum absolute atomic E-state index is 12.3. The van der Waals surface area contributed by atoms with E-state index in [4.69, 9.17) is 9.47 Å². The van der Waals surface area contributed by atoms with Gasteiger partial charge in [-0.05, 0) is 43.9 Å². The minimum atomic E-state index is -0.0418. The van der Waals surface area contributed by atoms with E-state index in [0.29, 0.717) is 23.1 Å². The highest BCUT2D eigenvalue weighted by atomic mass is 16.5. The fourth-order valence-electron chi connectivity index (χ4n) is 3.52. The van der Waals surface area contributed by atoms with Crippen LogP contribution in [0.1, 0.15) is 41.9 Å². The lowest BCUT2D eigenvalue weighted by atomic mass is 10.1. The number of ether oxygens (including phenoxy) is 2. The molecule has 0 bridgehead atoms. The Morgan fingerprint density at radius 1 is 1.21 bits per heavy atom. The first-order chi connectivity index (χ1) is 13.6. The van der Waals surface area contributed by atoms with Crippen molar-refractivity contribution in [3.05, 3.63) is 42.0 Å². The van der Waals surface area contributed by atoms with Gasteiger partial charge in [0.2, 0.25) is 0 Å². The number of nitrogens with zero attached hydrogens (tertiary/aromatic N) is 3. The lowest BCUT2D eigenvalue weighted by Gasteiger charge is -2.32. The summed E-state index contributed by atoms with van der Waals surface area (Å²) in [5, 5.41) is 3.02. The van der Waals surface area contributed by atoms with Gasteiger partial charge in [0.1, 0.15) is 11.9 Å². The zero-order chi connectivity index (χ0) is 19.5. The van der Waals surface area contributed by atoms with Gasteiger partial charge in [0, 0.05) is 44.1 Å². The highest BCUT2D eigenvalue weighted by Gasteiger charge is 2.25. The molecule has 1 saturated heterocycles. The number of hydrogen-bond donors (Lipinski definition) is 1. The van der Waals surface area contributed by atoms with Crippen molar-refractivity contribution < 1.29 is 14.3 Å².